The molecular formula is C16H14O6. The number of furan rings is 1. The van der Waals surface area contributed by atoms with E-state index in [1.165, 1.54) is 6.07 Å². The zero-order valence-corrected chi connectivity index (χ0v) is 11.9. The third-order valence-corrected chi connectivity index (χ3v) is 2.89. The molecular weight excluding hydrogens is 288 g/mol. The molecule has 22 heavy (non-hydrogen) atoms. The zero-order valence-electron chi connectivity index (χ0n) is 11.9. The number of ether oxygens (including phenoxy) is 1. The SMILES string of the molecule is CCOc1ccc(-c2ccc(C(=O)CC(=O)C(=O)O)o2)cc1. The van der Waals surface area contributed by atoms with Crippen LogP contribution < -0.4 is 4.74 Å². The molecule has 1 aromatic heterocycles. The van der Waals surface area contributed by atoms with Crippen LogP contribution in [0.5, 0.6) is 5.75 Å². The fourth-order valence-corrected chi connectivity index (χ4v) is 1.83. The summed E-state index contributed by atoms with van der Waals surface area (Å²) in [6.07, 6.45) is -0.717. The number of benzene rings is 1. The summed E-state index contributed by atoms with van der Waals surface area (Å²) in [5, 5.41) is 8.49. The summed E-state index contributed by atoms with van der Waals surface area (Å²) in [6.45, 7) is 2.45. The topological polar surface area (TPSA) is 93.8 Å². The fourth-order valence-electron chi connectivity index (χ4n) is 1.83. The Balaban J connectivity index is 2.12. The fraction of sp³-hybridized carbons (Fsp3) is 0.188. The Bertz CT molecular complexity index is 696. The van der Waals surface area contributed by atoms with Gasteiger partial charge in [0.2, 0.25) is 11.6 Å². The van der Waals surface area contributed by atoms with Gasteiger partial charge in [-0.05, 0) is 43.3 Å². The summed E-state index contributed by atoms with van der Waals surface area (Å²) in [5.41, 5.74) is 0.743. The Kier molecular flexibility index (Phi) is 4.73. The first-order valence-corrected chi connectivity index (χ1v) is 6.63. The van der Waals surface area contributed by atoms with Crippen molar-refractivity contribution >= 4 is 17.5 Å². The molecule has 0 aliphatic carbocycles. The van der Waals surface area contributed by atoms with Crippen LogP contribution in [0, 0.1) is 0 Å². The van der Waals surface area contributed by atoms with Gasteiger partial charge in [0.15, 0.2) is 5.76 Å². The van der Waals surface area contributed by atoms with Crippen LogP contribution in [0.15, 0.2) is 40.8 Å². The number of hydrogen-bond acceptors (Lipinski definition) is 5. The number of Topliss-reactive ketones (excluding diaryl/α,β-unsaturated/α-hetero) is 2. The lowest BCUT2D eigenvalue weighted by Crippen LogP contribution is -2.16. The van der Waals surface area contributed by atoms with E-state index in [-0.39, 0.29) is 5.76 Å². The Labute approximate surface area is 126 Å². The number of rotatable bonds is 7. The monoisotopic (exact) mass is 302 g/mol. The van der Waals surface area contributed by atoms with Gasteiger partial charge in [0, 0.05) is 5.56 Å². The zero-order chi connectivity index (χ0) is 16.1. The van der Waals surface area contributed by atoms with Crippen LogP contribution in [0.4, 0.5) is 0 Å². The normalized spacial score (nSPS) is 10.2. The molecule has 0 spiro atoms. The maximum atomic E-state index is 11.7. The second-order valence-electron chi connectivity index (χ2n) is 4.45. The second-order valence-corrected chi connectivity index (χ2v) is 4.45. The van der Waals surface area contributed by atoms with Gasteiger partial charge >= 0.3 is 5.97 Å². The van der Waals surface area contributed by atoms with E-state index < -0.39 is 24.0 Å². The van der Waals surface area contributed by atoms with Crippen molar-refractivity contribution in [2.45, 2.75) is 13.3 Å². The summed E-state index contributed by atoms with van der Waals surface area (Å²) >= 11 is 0. The van der Waals surface area contributed by atoms with Crippen molar-refractivity contribution in [2.75, 3.05) is 6.61 Å². The standard InChI is InChI=1S/C16H14O6/c1-2-21-11-5-3-10(4-6-11)14-7-8-15(22-14)12(17)9-13(18)16(19)20/h3-8H,2,9H2,1H3,(H,19,20). The first kappa shape index (κ1) is 15.5. The molecule has 0 radical (unpaired) electrons. The molecule has 0 saturated heterocycles. The van der Waals surface area contributed by atoms with Crippen molar-refractivity contribution in [3.8, 4) is 17.1 Å². The number of carboxylic acid groups (broad SMARTS) is 1. The number of carbonyl (C=O) groups is 3. The van der Waals surface area contributed by atoms with E-state index in [2.05, 4.69) is 0 Å². The van der Waals surface area contributed by atoms with Crippen LogP contribution in [0.3, 0.4) is 0 Å². The van der Waals surface area contributed by atoms with Gasteiger partial charge in [-0.3, -0.25) is 9.59 Å². The number of carbonyl (C=O) groups excluding carboxylic acids is 2. The third kappa shape index (κ3) is 3.60. The van der Waals surface area contributed by atoms with E-state index in [0.717, 1.165) is 11.3 Å². The van der Waals surface area contributed by atoms with E-state index in [0.29, 0.717) is 12.4 Å². The van der Waals surface area contributed by atoms with E-state index in [4.69, 9.17) is 14.3 Å². The number of hydrogen-bond donors (Lipinski definition) is 1. The average molecular weight is 302 g/mol. The lowest BCUT2D eigenvalue weighted by atomic mass is 10.1. The molecule has 1 N–H and O–H groups in total. The van der Waals surface area contributed by atoms with Gasteiger partial charge in [0.05, 0.1) is 13.0 Å². The lowest BCUT2D eigenvalue weighted by Gasteiger charge is -2.03. The summed E-state index contributed by atoms with van der Waals surface area (Å²) in [6, 6.07) is 10.1. The highest BCUT2D eigenvalue weighted by Crippen LogP contribution is 2.25. The minimum Gasteiger partial charge on any atom is -0.494 e. The van der Waals surface area contributed by atoms with Crippen molar-refractivity contribution in [1.29, 1.82) is 0 Å². The van der Waals surface area contributed by atoms with E-state index >= 15 is 0 Å². The highest BCUT2D eigenvalue weighted by atomic mass is 16.5. The minimum atomic E-state index is -1.63. The van der Waals surface area contributed by atoms with Crippen molar-refractivity contribution in [1.82, 2.24) is 0 Å². The molecule has 2 rings (SSSR count). The molecule has 1 aromatic carbocycles. The lowest BCUT2D eigenvalue weighted by molar-refractivity contribution is -0.148. The molecule has 6 heteroatoms. The molecule has 6 nitrogen and oxygen atoms in total. The van der Waals surface area contributed by atoms with Crippen LogP contribution in [0.2, 0.25) is 0 Å². The highest BCUT2D eigenvalue weighted by molar-refractivity contribution is 6.37. The average Bonchev–Trinajstić information content (AvgIpc) is 2.98. The molecule has 0 aliphatic rings. The Morgan fingerprint density at radius 1 is 1.09 bits per heavy atom. The molecule has 114 valence electrons. The molecule has 0 unspecified atom stereocenters. The van der Waals surface area contributed by atoms with Crippen molar-refractivity contribution in [2.24, 2.45) is 0 Å². The molecule has 0 amide bonds. The summed E-state index contributed by atoms with van der Waals surface area (Å²) in [5.74, 6) is -2.32. The highest BCUT2D eigenvalue weighted by Gasteiger charge is 2.20. The largest absolute Gasteiger partial charge is 0.494 e. The molecule has 0 aliphatic heterocycles. The van der Waals surface area contributed by atoms with Gasteiger partial charge < -0.3 is 14.3 Å². The number of aliphatic carboxylic acids is 1. The Morgan fingerprint density at radius 3 is 2.36 bits per heavy atom. The van der Waals surface area contributed by atoms with E-state index in [1.807, 2.05) is 6.92 Å². The van der Waals surface area contributed by atoms with Gasteiger partial charge in [-0.2, -0.15) is 0 Å². The predicted octanol–water partition coefficient (Wildman–Crippen LogP) is 2.57. The smallest absolute Gasteiger partial charge is 0.372 e. The van der Waals surface area contributed by atoms with Gasteiger partial charge in [0.25, 0.3) is 0 Å². The van der Waals surface area contributed by atoms with Crippen LogP contribution in [0.25, 0.3) is 11.3 Å². The second kappa shape index (κ2) is 6.71. The van der Waals surface area contributed by atoms with Gasteiger partial charge in [-0.15, -0.1) is 0 Å². The van der Waals surface area contributed by atoms with Crippen molar-refractivity contribution in [3.05, 3.63) is 42.2 Å². The summed E-state index contributed by atoms with van der Waals surface area (Å²) in [7, 11) is 0. The number of carboxylic acids is 1. The molecule has 1 heterocycles. The third-order valence-electron chi connectivity index (χ3n) is 2.89. The van der Waals surface area contributed by atoms with Crippen LogP contribution in [-0.4, -0.2) is 29.2 Å². The maximum Gasteiger partial charge on any atom is 0.372 e. The minimum absolute atomic E-state index is 0.0431. The first-order valence-electron chi connectivity index (χ1n) is 6.63. The molecule has 0 atom stereocenters. The molecule has 0 bridgehead atoms. The van der Waals surface area contributed by atoms with Gasteiger partial charge in [-0.25, -0.2) is 4.79 Å². The molecule has 0 fully saturated rings. The van der Waals surface area contributed by atoms with E-state index in [1.54, 1.807) is 30.3 Å². The Morgan fingerprint density at radius 2 is 1.77 bits per heavy atom. The molecule has 0 saturated carbocycles. The van der Waals surface area contributed by atoms with Crippen LogP contribution in [0.1, 0.15) is 23.9 Å². The first-order chi connectivity index (χ1) is 10.5. The maximum absolute atomic E-state index is 11.7. The van der Waals surface area contributed by atoms with Gasteiger partial charge in [0.1, 0.15) is 11.5 Å². The summed E-state index contributed by atoms with van der Waals surface area (Å²) in [4.78, 5) is 33.2. The van der Waals surface area contributed by atoms with E-state index in [9.17, 15) is 14.4 Å². The quantitative estimate of drug-likeness (QED) is 0.480. The predicted molar refractivity (Wildman–Crippen MR) is 76.9 cm³/mol. The van der Waals surface area contributed by atoms with Crippen molar-refractivity contribution in [3.63, 3.8) is 0 Å². The molecule has 2 aromatic rings. The van der Waals surface area contributed by atoms with Crippen molar-refractivity contribution < 1.29 is 28.6 Å². The number of ketones is 2. The Hall–Kier alpha value is -2.89. The summed E-state index contributed by atoms with van der Waals surface area (Å²) < 4.78 is 10.7. The van der Waals surface area contributed by atoms with Crippen LogP contribution in [-0.2, 0) is 9.59 Å². The van der Waals surface area contributed by atoms with Gasteiger partial charge in [-0.1, -0.05) is 0 Å². The van der Waals surface area contributed by atoms with Crippen LogP contribution >= 0.6 is 0 Å².